The molecule has 1 aromatic rings. The van der Waals surface area contributed by atoms with Crippen LogP contribution in [0.5, 0.6) is 17.2 Å². The maximum atomic E-state index is 10.9. The molecule has 0 fully saturated rings. The summed E-state index contributed by atoms with van der Waals surface area (Å²) in [5.74, 6) is -1.52. The molecule has 0 aliphatic carbocycles. The van der Waals surface area contributed by atoms with E-state index in [9.17, 15) is 14.9 Å². The van der Waals surface area contributed by atoms with E-state index in [2.05, 4.69) is 0 Å². The average molecular weight is 241 g/mol. The highest BCUT2D eigenvalue weighted by Gasteiger charge is 2.34. The zero-order valence-electron chi connectivity index (χ0n) is 8.63. The molecule has 17 heavy (non-hydrogen) atoms. The standard InChI is InChI=1S/C9H7NO7/c1-15-8-6(10(13)14)4(9(11)12)2-5-7(8)17-3-16-5/h2H,3H2,1H3,(H,11,12). The quantitative estimate of drug-likeness (QED) is 0.621. The monoisotopic (exact) mass is 241 g/mol. The molecule has 8 heteroatoms. The molecule has 1 aliphatic heterocycles. The Morgan fingerprint density at radius 3 is 2.82 bits per heavy atom. The van der Waals surface area contributed by atoms with Crippen LogP contribution in [0.2, 0.25) is 0 Å². The van der Waals surface area contributed by atoms with Gasteiger partial charge in [-0.05, 0) is 0 Å². The van der Waals surface area contributed by atoms with Crippen LogP contribution < -0.4 is 14.2 Å². The second kappa shape index (κ2) is 3.81. The third kappa shape index (κ3) is 1.59. The summed E-state index contributed by atoms with van der Waals surface area (Å²) in [7, 11) is 1.19. The highest BCUT2D eigenvalue weighted by atomic mass is 16.7. The first-order chi connectivity index (χ1) is 8.06. The third-order valence-electron chi connectivity index (χ3n) is 2.21. The lowest BCUT2D eigenvalue weighted by atomic mass is 10.1. The van der Waals surface area contributed by atoms with Crippen molar-refractivity contribution in [1.82, 2.24) is 0 Å². The minimum absolute atomic E-state index is 0.0456. The lowest BCUT2D eigenvalue weighted by molar-refractivity contribution is -0.386. The molecule has 2 rings (SSSR count). The summed E-state index contributed by atoms with van der Waals surface area (Å²) in [6.07, 6.45) is 0. The molecule has 0 saturated heterocycles. The van der Waals surface area contributed by atoms with Crippen LogP contribution in [0.25, 0.3) is 0 Å². The highest BCUT2D eigenvalue weighted by molar-refractivity contribution is 5.95. The number of carbonyl (C=O) groups is 1. The van der Waals surface area contributed by atoms with Crippen LogP contribution in [0.1, 0.15) is 10.4 Å². The van der Waals surface area contributed by atoms with Crippen molar-refractivity contribution in [3.05, 3.63) is 21.7 Å². The number of methoxy groups -OCH3 is 1. The van der Waals surface area contributed by atoms with Gasteiger partial charge in [-0.3, -0.25) is 10.1 Å². The number of benzene rings is 1. The normalized spacial score (nSPS) is 12.3. The van der Waals surface area contributed by atoms with Crippen molar-refractivity contribution in [2.75, 3.05) is 13.9 Å². The Kier molecular flexibility index (Phi) is 2.47. The molecule has 0 saturated carbocycles. The van der Waals surface area contributed by atoms with Gasteiger partial charge in [-0.1, -0.05) is 0 Å². The molecule has 1 aliphatic rings. The second-order valence-corrected chi connectivity index (χ2v) is 3.10. The lowest BCUT2D eigenvalue weighted by Crippen LogP contribution is -2.05. The Morgan fingerprint density at radius 2 is 2.29 bits per heavy atom. The van der Waals surface area contributed by atoms with Crippen molar-refractivity contribution >= 4 is 11.7 Å². The Balaban J connectivity index is 2.77. The Morgan fingerprint density at radius 1 is 1.59 bits per heavy atom. The van der Waals surface area contributed by atoms with Gasteiger partial charge in [-0.15, -0.1) is 0 Å². The van der Waals surface area contributed by atoms with E-state index in [0.717, 1.165) is 6.07 Å². The van der Waals surface area contributed by atoms with Crippen LogP contribution in [-0.2, 0) is 0 Å². The van der Waals surface area contributed by atoms with Crippen molar-refractivity contribution in [3.8, 4) is 17.2 Å². The van der Waals surface area contributed by atoms with Gasteiger partial charge < -0.3 is 19.3 Å². The van der Waals surface area contributed by atoms with Gasteiger partial charge in [0.25, 0.3) is 0 Å². The van der Waals surface area contributed by atoms with E-state index < -0.39 is 22.1 Å². The third-order valence-corrected chi connectivity index (χ3v) is 2.21. The fraction of sp³-hybridized carbons (Fsp3) is 0.222. The topological polar surface area (TPSA) is 108 Å². The van der Waals surface area contributed by atoms with Gasteiger partial charge in [0.2, 0.25) is 18.3 Å². The fourth-order valence-electron chi connectivity index (χ4n) is 1.54. The summed E-state index contributed by atoms with van der Waals surface area (Å²) in [5.41, 5.74) is -1.15. The fourth-order valence-corrected chi connectivity index (χ4v) is 1.54. The van der Waals surface area contributed by atoms with Crippen LogP contribution in [0.4, 0.5) is 5.69 Å². The number of carboxylic acids is 1. The summed E-state index contributed by atoms with van der Waals surface area (Å²) in [5, 5.41) is 19.8. The number of hydrogen-bond donors (Lipinski definition) is 1. The molecule has 8 nitrogen and oxygen atoms in total. The number of nitro benzene ring substituents is 1. The van der Waals surface area contributed by atoms with Crippen LogP contribution in [0.15, 0.2) is 6.07 Å². The first-order valence-corrected chi connectivity index (χ1v) is 4.44. The van der Waals surface area contributed by atoms with E-state index in [4.69, 9.17) is 19.3 Å². The molecule has 0 radical (unpaired) electrons. The molecule has 0 bridgehead atoms. The van der Waals surface area contributed by atoms with Gasteiger partial charge in [0, 0.05) is 6.07 Å². The summed E-state index contributed by atoms with van der Waals surface area (Å²) in [6, 6.07) is 1.05. The predicted molar refractivity (Wildman–Crippen MR) is 52.7 cm³/mol. The van der Waals surface area contributed by atoms with Gasteiger partial charge in [-0.25, -0.2) is 4.79 Å². The maximum absolute atomic E-state index is 10.9. The minimum Gasteiger partial charge on any atom is -0.487 e. The first kappa shape index (κ1) is 11.0. The molecule has 0 amide bonds. The number of carboxylic acid groups (broad SMARTS) is 1. The van der Waals surface area contributed by atoms with Crippen LogP contribution in [0, 0.1) is 10.1 Å². The molecule has 0 aromatic heterocycles. The van der Waals surface area contributed by atoms with Crippen LogP contribution in [-0.4, -0.2) is 29.9 Å². The lowest BCUT2D eigenvalue weighted by Gasteiger charge is -2.07. The number of rotatable bonds is 3. The SMILES string of the molecule is COc1c2c(cc(C(=O)O)c1[N+](=O)[O-])OCO2. The van der Waals surface area contributed by atoms with Gasteiger partial charge in [0.1, 0.15) is 5.56 Å². The van der Waals surface area contributed by atoms with Crippen molar-refractivity contribution < 1.29 is 29.0 Å². The second-order valence-electron chi connectivity index (χ2n) is 3.10. The van der Waals surface area contributed by atoms with E-state index in [1.165, 1.54) is 7.11 Å². The summed E-state index contributed by atoms with van der Waals surface area (Å²) >= 11 is 0. The molecule has 1 N–H and O–H groups in total. The van der Waals surface area contributed by atoms with Gasteiger partial charge in [0.15, 0.2) is 5.75 Å². The smallest absolute Gasteiger partial charge is 0.343 e. The van der Waals surface area contributed by atoms with E-state index in [-0.39, 0.29) is 24.0 Å². The van der Waals surface area contributed by atoms with Gasteiger partial charge in [0.05, 0.1) is 12.0 Å². The molecule has 0 atom stereocenters. The predicted octanol–water partition coefficient (Wildman–Crippen LogP) is 1.03. The maximum Gasteiger partial charge on any atom is 0.343 e. The van der Waals surface area contributed by atoms with E-state index in [1.807, 2.05) is 0 Å². The van der Waals surface area contributed by atoms with Gasteiger partial charge >= 0.3 is 11.7 Å². The number of fused-ring (bicyclic) bond motifs is 1. The molecule has 90 valence electrons. The minimum atomic E-state index is -1.44. The zero-order chi connectivity index (χ0) is 12.6. The largest absolute Gasteiger partial charge is 0.487 e. The van der Waals surface area contributed by atoms with Gasteiger partial charge in [-0.2, -0.15) is 0 Å². The Labute approximate surface area is 94.5 Å². The number of nitrogens with zero attached hydrogens (tertiary/aromatic N) is 1. The van der Waals surface area contributed by atoms with Crippen LogP contribution in [0.3, 0.4) is 0 Å². The van der Waals surface area contributed by atoms with Crippen molar-refractivity contribution in [2.45, 2.75) is 0 Å². The molecular weight excluding hydrogens is 234 g/mol. The summed E-state index contributed by atoms with van der Waals surface area (Å²) in [6.45, 7) is -0.133. The number of hydrogen-bond acceptors (Lipinski definition) is 6. The van der Waals surface area contributed by atoms with Crippen molar-refractivity contribution in [3.63, 3.8) is 0 Å². The van der Waals surface area contributed by atoms with E-state index >= 15 is 0 Å². The summed E-state index contributed by atoms with van der Waals surface area (Å²) < 4.78 is 14.8. The Hall–Kier alpha value is -2.51. The molecule has 1 aromatic carbocycles. The van der Waals surface area contributed by atoms with Crippen molar-refractivity contribution in [2.24, 2.45) is 0 Å². The number of ether oxygens (including phenoxy) is 3. The molecule has 0 spiro atoms. The zero-order valence-corrected chi connectivity index (χ0v) is 8.63. The van der Waals surface area contributed by atoms with Crippen LogP contribution >= 0.6 is 0 Å². The molecule has 1 heterocycles. The number of aromatic carboxylic acids is 1. The van der Waals surface area contributed by atoms with E-state index in [0.29, 0.717) is 0 Å². The average Bonchev–Trinajstić information content (AvgIpc) is 2.73. The Bertz CT molecular complexity index is 511. The van der Waals surface area contributed by atoms with E-state index in [1.54, 1.807) is 0 Å². The first-order valence-electron chi connectivity index (χ1n) is 4.44. The number of nitro groups is 1. The summed E-state index contributed by atoms with van der Waals surface area (Å²) in [4.78, 5) is 21.0. The van der Waals surface area contributed by atoms with Crippen molar-refractivity contribution in [1.29, 1.82) is 0 Å². The molecular formula is C9H7NO7. The highest BCUT2D eigenvalue weighted by Crippen LogP contribution is 2.48. The molecule has 0 unspecified atom stereocenters.